The summed E-state index contributed by atoms with van der Waals surface area (Å²) in [5.74, 6) is 1.35. The zero-order valence-electron chi connectivity index (χ0n) is 16.4. The number of hydrogen-bond donors (Lipinski definition) is 2. The fourth-order valence-electron chi connectivity index (χ4n) is 3.48. The van der Waals surface area contributed by atoms with E-state index in [0.29, 0.717) is 17.1 Å². The summed E-state index contributed by atoms with van der Waals surface area (Å²) in [7, 11) is 0. The van der Waals surface area contributed by atoms with Crippen LogP contribution in [0.15, 0.2) is 60.9 Å². The first-order chi connectivity index (χ1) is 14.1. The Bertz CT molecular complexity index is 982. The summed E-state index contributed by atoms with van der Waals surface area (Å²) in [5.41, 5.74) is 9.64. The lowest BCUT2D eigenvalue weighted by molar-refractivity contribution is 0.101. The molecule has 0 spiro atoms. The number of para-hydroxylation sites is 1. The Balaban J connectivity index is 1.46. The third-order valence-electron chi connectivity index (χ3n) is 5.12. The summed E-state index contributed by atoms with van der Waals surface area (Å²) in [6, 6.07) is 17.7. The highest BCUT2D eigenvalue weighted by Gasteiger charge is 2.21. The van der Waals surface area contributed by atoms with E-state index in [-0.39, 0.29) is 5.78 Å². The van der Waals surface area contributed by atoms with E-state index in [4.69, 9.17) is 5.73 Å². The minimum absolute atomic E-state index is 0.0371. The summed E-state index contributed by atoms with van der Waals surface area (Å²) >= 11 is 0. The van der Waals surface area contributed by atoms with Gasteiger partial charge in [0, 0.05) is 43.1 Å². The molecule has 1 saturated heterocycles. The molecular formula is C22H24N6O. The van der Waals surface area contributed by atoms with Gasteiger partial charge in [-0.05, 0) is 43.3 Å². The predicted molar refractivity (Wildman–Crippen MR) is 117 cm³/mol. The van der Waals surface area contributed by atoms with Crippen LogP contribution in [0.2, 0.25) is 0 Å². The van der Waals surface area contributed by atoms with E-state index in [2.05, 4.69) is 49.4 Å². The molecule has 7 nitrogen and oxygen atoms in total. The van der Waals surface area contributed by atoms with Crippen LogP contribution in [0.5, 0.6) is 0 Å². The fraction of sp³-hybridized carbons (Fsp3) is 0.227. The largest absolute Gasteiger partial charge is 0.393 e. The molecule has 2 aromatic carbocycles. The highest BCUT2D eigenvalue weighted by Crippen LogP contribution is 2.29. The van der Waals surface area contributed by atoms with Gasteiger partial charge in [-0.3, -0.25) is 4.79 Å². The van der Waals surface area contributed by atoms with Gasteiger partial charge in [0.1, 0.15) is 12.0 Å². The highest BCUT2D eigenvalue weighted by atomic mass is 16.1. The number of carbonyl (C=O) groups excluding carboxylic acids is 1. The van der Waals surface area contributed by atoms with Crippen molar-refractivity contribution in [3.8, 4) is 0 Å². The molecule has 0 atom stereocenters. The topological polar surface area (TPSA) is 87.4 Å². The van der Waals surface area contributed by atoms with Gasteiger partial charge in [-0.1, -0.05) is 18.2 Å². The van der Waals surface area contributed by atoms with Crippen molar-refractivity contribution in [1.29, 1.82) is 0 Å². The molecule has 1 fully saturated rings. The number of hydrogen-bond acceptors (Lipinski definition) is 7. The second-order valence-corrected chi connectivity index (χ2v) is 7.03. The van der Waals surface area contributed by atoms with Crippen molar-refractivity contribution in [1.82, 2.24) is 9.97 Å². The quantitative estimate of drug-likeness (QED) is 0.648. The van der Waals surface area contributed by atoms with Gasteiger partial charge in [0.15, 0.2) is 17.4 Å². The van der Waals surface area contributed by atoms with Crippen molar-refractivity contribution in [2.75, 3.05) is 47.0 Å². The van der Waals surface area contributed by atoms with Crippen molar-refractivity contribution < 1.29 is 4.79 Å². The Morgan fingerprint density at radius 3 is 2.24 bits per heavy atom. The van der Waals surface area contributed by atoms with Crippen molar-refractivity contribution in [2.24, 2.45) is 0 Å². The molecule has 3 aromatic rings. The summed E-state index contributed by atoms with van der Waals surface area (Å²) in [6.07, 6.45) is 1.53. The zero-order chi connectivity index (χ0) is 20.2. The van der Waals surface area contributed by atoms with Crippen LogP contribution in [0, 0.1) is 0 Å². The maximum Gasteiger partial charge on any atom is 0.159 e. The average molecular weight is 388 g/mol. The minimum atomic E-state index is 0.0371. The van der Waals surface area contributed by atoms with Crippen LogP contribution >= 0.6 is 0 Å². The Morgan fingerprint density at radius 1 is 0.931 bits per heavy atom. The van der Waals surface area contributed by atoms with Crippen LogP contribution in [-0.2, 0) is 0 Å². The molecule has 0 amide bonds. The normalized spacial score (nSPS) is 14.0. The number of aromatic nitrogens is 2. The van der Waals surface area contributed by atoms with E-state index < -0.39 is 0 Å². The van der Waals surface area contributed by atoms with Crippen molar-refractivity contribution in [2.45, 2.75) is 6.92 Å². The van der Waals surface area contributed by atoms with E-state index in [0.717, 1.165) is 37.7 Å². The molecule has 7 heteroatoms. The molecule has 29 heavy (non-hydrogen) atoms. The Morgan fingerprint density at radius 2 is 1.59 bits per heavy atom. The van der Waals surface area contributed by atoms with Gasteiger partial charge in [0.2, 0.25) is 0 Å². The standard InChI is InChI=1S/C22H24N6O/c1-16(29)17-7-9-18(10-8-17)26-21-20(23)22(25-15-24-21)28-13-11-27(12-14-28)19-5-3-2-4-6-19/h2-10,15H,11-14,23H2,1H3,(H,24,25,26). The first kappa shape index (κ1) is 18.7. The molecule has 0 radical (unpaired) electrons. The predicted octanol–water partition coefficient (Wildman–Crippen LogP) is 3.33. The molecule has 1 aliphatic rings. The van der Waals surface area contributed by atoms with Crippen LogP contribution in [0.4, 0.5) is 28.7 Å². The molecular weight excluding hydrogens is 364 g/mol. The first-order valence-electron chi connectivity index (χ1n) is 9.65. The summed E-state index contributed by atoms with van der Waals surface area (Å²) in [5, 5.41) is 3.23. The van der Waals surface area contributed by atoms with Crippen molar-refractivity contribution in [3.05, 3.63) is 66.5 Å². The number of nitrogens with two attached hydrogens (primary N) is 1. The third kappa shape index (κ3) is 4.13. The van der Waals surface area contributed by atoms with Gasteiger partial charge in [0.25, 0.3) is 0 Å². The molecule has 148 valence electrons. The molecule has 1 aromatic heterocycles. The molecule has 3 N–H and O–H groups in total. The summed E-state index contributed by atoms with van der Waals surface area (Å²) in [4.78, 5) is 24.7. The van der Waals surface area contributed by atoms with Gasteiger partial charge in [-0.2, -0.15) is 0 Å². The SMILES string of the molecule is CC(=O)c1ccc(Nc2ncnc(N3CCN(c4ccccc4)CC3)c2N)cc1. The number of piperazine rings is 1. The lowest BCUT2D eigenvalue weighted by Crippen LogP contribution is -2.47. The fourth-order valence-corrected chi connectivity index (χ4v) is 3.48. The van der Waals surface area contributed by atoms with Gasteiger partial charge in [-0.15, -0.1) is 0 Å². The number of Topliss-reactive ketones (excluding diaryl/α,β-unsaturated/α-hetero) is 1. The number of anilines is 5. The summed E-state index contributed by atoms with van der Waals surface area (Å²) in [6.45, 7) is 5.03. The second-order valence-electron chi connectivity index (χ2n) is 7.03. The molecule has 0 bridgehead atoms. The van der Waals surface area contributed by atoms with E-state index in [1.54, 1.807) is 19.1 Å². The first-order valence-corrected chi connectivity index (χ1v) is 9.65. The maximum atomic E-state index is 11.4. The van der Waals surface area contributed by atoms with E-state index in [1.165, 1.54) is 12.0 Å². The van der Waals surface area contributed by atoms with Crippen LogP contribution in [-0.4, -0.2) is 41.9 Å². The Labute approximate surface area is 170 Å². The molecule has 4 rings (SSSR count). The molecule has 0 aliphatic carbocycles. The lowest BCUT2D eigenvalue weighted by Gasteiger charge is -2.37. The lowest BCUT2D eigenvalue weighted by atomic mass is 10.1. The molecule has 0 saturated carbocycles. The van der Waals surface area contributed by atoms with Crippen LogP contribution in [0.25, 0.3) is 0 Å². The van der Waals surface area contributed by atoms with Crippen molar-refractivity contribution >= 4 is 34.5 Å². The average Bonchev–Trinajstić information content (AvgIpc) is 2.76. The Hall–Kier alpha value is -3.61. The number of nitrogens with one attached hydrogen (secondary N) is 1. The second kappa shape index (κ2) is 8.18. The molecule has 2 heterocycles. The number of carbonyl (C=O) groups is 1. The Kier molecular flexibility index (Phi) is 5.29. The van der Waals surface area contributed by atoms with E-state index >= 15 is 0 Å². The summed E-state index contributed by atoms with van der Waals surface area (Å²) < 4.78 is 0. The van der Waals surface area contributed by atoms with Crippen molar-refractivity contribution in [3.63, 3.8) is 0 Å². The van der Waals surface area contributed by atoms with Gasteiger partial charge < -0.3 is 20.9 Å². The van der Waals surface area contributed by atoms with Gasteiger partial charge in [0.05, 0.1) is 0 Å². The number of nitrogens with zero attached hydrogens (tertiary/aromatic N) is 4. The third-order valence-corrected chi connectivity index (χ3v) is 5.12. The number of ketones is 1. The van der Waals surface area contributed by atoms with Gasteiger partial charge in [-0.25, -0.2) is 9.97 Å². The van der Waals surface area contributed by atoms with Crippen LogP contribution in [0.3, 0.4) is 0 Å². The number of benzene rings is 2. The van der Waals surface area contributed by atoms with Crippen LogP contribution in [0.1, 0.15) is 17.3 Å². The molecule has 1 aliphatic heterocycles. The smallest absolute Gasteiger partial charge is 0.159 e. The minimum Gasteiger partial charge on any atom is -0.393 e. The maximum absolute atomic E-state index is 11.4. The van der Waals surface area contributed by atoms with Gasteiger partial charge >= 0.3 is 0 Å². The zero-order valence-corrected chi connectivity index (χ0v) is 16.4. The van der Waals surface area contributed by atoms with Crippen LogP contribution < -0.4 is 20.9 Å². The number of rotatable bonds is 5. The highest BCUT2D eigenvalue weighted by molar-refractivity contribution is 5.94. The molecule has 0 unspecified atom stereocenters. The number of nitrogen functional groups attached to an aromatic ring is 1. The van der Waals surface area contributed by atoms with E-state index in [1.807, 2.05) is 18.2 Å². The van der Waals surface area contributed by atoms with E-state index in [9.17, 15) is 4.79 Å². The monoisotopic (exact) mass is 388 g/mol.